The number of nitrogens with one attached hydrogen (secondary N) is 2. The fourth-order valence-electron chi connectivity index (χ4n) is 2.18. The van der Waals surface area contributed by atoms with Gasteiger partial charge >= 0.3 is 0 Å². The minimum atomic E-state index is 0.622. The van der Waals surface area contributed by atoms with Gasteiger partial charge in [0.1, 0.15) is 18.0 Å². The molecule has 0 aliphatic heterocycles. The molecule has 3 rings (SSSR count). The van der Waals surface area contributed by atoms with E-state index >= 15 is 0 Å². The zero-order valence-electron chi connectivity index (χ0n) is 12.9. The average molecular weight is 380 g/mol. The van der Waals surface area contributed by atoms with Crippen LogP contribution in [0, 0.1) is 18.3 Å². The highest BCUT2D eigenvalue weighted by Gasteiger charge is 2.03. The number of aromatic nitrogens is 2. The van der Waals surface area contributed by atoms with E-state index in [1.165, 1.54) is 6.33 Å². The summed E-state index contributed by atoms with van der Waals surface area (Å²) in [6.07, 6.45) is 1.50. The fraction of sp³-hybridized carbons (Fsp3) is 0.0556. The maximum absolute atomic E-state index is 8.83. The van der Waals surface area contributed by atoms with Crippen molar-refractivity contribution < 1.29 is 0 Å². The third kappa shape index (κ3) is 3.89. The average Bonchev–Trinajstić information content (AvgIpc) is 2.58. The van der Waals surface area contributed by atoms with E-state index in [2.05, 4.69) is 42.6 Å². The van der Waals surface area contributed by atoms with Gasteiger partial charge in [-0.1, -0.05) is 15.9 Å². The Bertz CT molecular complexity index is 900. The van der Waals surface area contributed by atoms with Gasteiger partial charge < -0.3 is 10.6 Å². The summed E-state index contributed by atoms with van der Waals surface area (Å²) in [5, 5.41) is 15.3. The van der Waals surface area contributed by atoms with Crippen LogP contribution in [0.4, 0.5) is 23.0 Å². The molecule has 0 amide bonds. The Balaban J connectivity index is 1.77. The van der Waals surface area contributed by atoms with Gasteiger partial charge in [-0.3, -0.25) is 0 Å². The Kier molecular flexibility index (Phi) is 4.73. The van der Waals surface area contributed by atoms with Crippen molar-refractivity contribution in [3.63, 3.8) is 0 Å². The molecule has 2 aromatic carbocycles. The van der Waals surface area contributed by atoms with Crippen molar-refractivity contribution in [1.29, 1.82) is 5.26 Å². The first-order chi connectivity index (χ1) is 11.6. The number of hydrogen-bond acceptors (Lipinski definition) is 5. The number of aryl methyl sites for hydroxylation is 1. The molecule has 118 valence electrons. The highest BCUT2D eigenvalue weighted by atomic mass is 79.9. The molecule has 0 saturated carbocycles. The van der Waals surface area contributed by atoms with E-state index in [1.807, 2.05) is 43.3 Å². The number of nitriles is 1. The summed E-state index contributed by atoms with van der Waals surface area (Å²) in [4.78, 5) is 8.47. The van der Waals surface area contributed by atoms with E-state index < -0.39 is 0 Å². The number of anilines is 4. The molecule has 3 aromatic rings. The molecule has 0 aliphatic carbocycles. The van der Waals surface area contributed by atoms with E-state index in [4.69, 9.17) is 5.26 Å². The summed E-state index contributed by atoms with van der Waals surface area (Å²) in [6.45, 7) is 2.03. The van der Waals surface area contributed by atoms with Crippen molar-refractivity contribution in [2.45, 2.75) is 6.92 Å². The fourth-order valence-corrected chi connectivity index (χ4v) is 2.65. The van der Waals surface area contributed by atoms with Crippen LogP contribution in [0.15, 0.2) is 59.3 Å². The van der Waals surface area contributed by atoms with Crippen LogP contribution in [0.3, 0.4) is 0 Å². The highest BCUT2D eigenvalue weighted by molar-refractivity contribution is 9.10. The van der Waals surface area contributed by atoms with Crippen LogP contribution < -0.4 is 10.6 Å². The van der Waals surface area contributed by atoms with E-state index in [9.17, 15) is 0 Å². The molecule has 6 heteroatoms. The maximum atomic E-state index is 8.83. The van der Waals surface area contributed by atoms with Crippen LogP contribution in [0.25, 0.3) is 0 Å². The molecule has 1 heterocycles. The number of rotatable bonds is 4. The minimum Gasteiger partial charge on any atom is -0.340 e. The maximum Gasteiger partial charge on any atom is 0.135 e. The van der Waals surface area contributed by atoms with E-state index in [0.29, 0.717) is 17.2 Å². The van der Waals surface area contributed by atoms with Crippen molar-refractivity contribution in [1.82, 2.24) is 9.97 Å². The van der Waals surface area contributed by atoms with Gasteiger partial charge in [-0.05, 0) is 55.0 Å². The number of nitrogens with zero attached hydrogens (tertiary/aromatic N) is 3. The lowest BCUT2D eigenvalue weighted by Crippen LogP contribution is -1.99. The van der Waals surface area contributed by atoms with Crippen LogP contribution in [0.2, 0.25) is 0 Å². The molecule has 0 saturated heterocycles. The zero-order valence-corrected chi connectivity index (χ0v) is 14.5. The zero-order chi connectivity index (χ0) is 16.9. The van der Waals surface area contributed by atoms with Gasteiger partial charge in [0.15, 0.2) is 0 Å². The Hall–Kier alpha value is -2.91. The van der Waals surface area contributed by atoms with Crippen molar-refractivity contribution >= 4 is 38.9 Å². The highest BCUT2D eigenvalue weighted by Crippen LogP contribution is 2.24. The lowest BCUT2D eigenvalue weighted by Gasteiger charge is -2.11. The first kappa shape index (κ1) is 16.0. The molecule has 0 fully saturated rings. The second-order valence-electron chi connectivity index (χ2n) is 5.19. The summed E-state index contributed by atoms with van der Waals surface area (Å²) in [5.41, 5.74) is 3.58. The predicted molar refractivity (Wildman–Crippen MR) is 98.6 cm³/mol. The van der Waals surface area contributed by atoms with Gasteiger partial charge in [0.2, 0.25) is 0 Å². The van der Waals surface area contributed by atoms with Gasteiger partial charge in [-0.15, -0.1) is 0 Å². The standard InChI is InChI=1S/C18H14BrN5/c1-12-8-14(19)4-7-16(12)24-18-9-17(21-11-22-18)23-15-5-2-13(10-20)3-6-15/h2-9,11H,1H3,(H2,21,22,23,24). The molecule has 5 nitrogen and oxygen atoms in total. The molecule has 24 heavy (non-hydrogen) atoms. The predicted octanol–water partition coefficient (Wildman–Crippen LogP) is 4.91. The molecule has 0 spiro atoms. The van der Waals surface area contributed by atoms with Crippen LogP contribution in [0.1, 0.15) is 11.1 Å². The molecule has 2 N–H and O–H groups in total. The molecule has 0 radical (unpaired) electrons. The van der Waals surface area contributed by atoms with Gasteiger partial charge in [0, 0.05) is 21.9 Å². The van der Waals surface area contributed by atoms with Gasteiger partial charge in [-0.2, -0.15) is 5.26 Å². The molecule has 0 unspecified atom stereocenters. The van der Waals surface area contributed by atoms with Crippen molar-refractivity contribution in [3.8, 4) is 6.07 Å². The Labute approximate surface area is 148 Å². The first-order valence-electron chi connectivity index (χ1n) is 7.26. The SMILES string of the molecule is Cc1cc(Br)ccc1Nc1cc(Nc2ccc(C#N)cc2)ncn1. The Morgan fingerprint density at radius 2 is 1.67 bits per heavy atom. The molecular formula is C18H14BrN5. The quantitative estimate of drug-likeness (QED) is 0.673. The lowest BCUT2D eigenvalue weighted by atomic mass is 10.2. The normalized spacial score (nSPS) is 10.0. The minimum absolute atomic E-state index is 0.622. The van der Waals surface area contributed by atoms with Crippen molar-refractivity contribution in [2.75, 3.05) is 10.6 Å². The molecule has 0 aliphatic rings. The van der Waals surface area contributed by atoms with Gasteiger partial charge in [0.05, 0.1) is 11.6 Å². The molecule has 0 bridgehead atoms. The van der Waals surface area contributed by atoms with E-state index in [-0.39, 0.29) is 0 Å². The summed E-state index contributed by atoms with van der Waals surface area (Å²) in [7, 11) is 0. The number of benzene rings is 2. The van der Waals surface area contributed by atoms with Crippen LogP contribution in [-0.4, -0.2) is 9.97 Å². The van der Waals surface area contributed by atoms with Crippen LogP contribution in [0.5, 0.6) is 0 Å². The first-order valence-corrected chi connectivity index (χ1v) is 8.06. The smallest absolute Gasteiger partial charge is 0.135 e. The second kappa shape index (κ2) is 7.11. The summed E-state index contributed by atoms with van der Waals surface area (Å²) < 4.78 is 1.04. The van der Waals surface area contributed by atoms with Crippen LogP contribution >= 0.6 is 15.9 Å². The largest absolute Gasteiger partial charge is 0.340 e. The summed E-state index contributed by atoms with van der Waals surface area (Å²) in [6, 6.07) is 17.1. The third-order valence-corrected chi connectivity index (χ3v) is 3.90. The third-order valence-electron chi connectivity index (χ3n) is 3.40. The molecule has 1 aromatic heterocycles. The second-order valence-corrected chi connectivity index (χ2v) is 6.10. The van der Waals surface area contributed by atoms with Crippen LogP contribution in [-0.2, 0) is 0 Å². The Morgan fingerprint density at radius 1 is 0.958 bits per heavy atom. The van der Waals surface area contributed by atoms with Crippen molar-refractivity contribution in [2.24, 2.45) is 0 Å². The lowest BCUT2D eigenvalue weighted by molar-refractivity contribution is 1.16. The van der Waals surface area contributed by atoms with Gasteiger partial charge in [-0.25, -0.2) is 9.97 Å². The van der Waals surface area contributed by atoms with Gasteiger partial charge in [0.25, 0.3) is 0 Å². The molecular weight excluding hydrogens is 366 g/mol. The van der Waals surface area contributed by atoms with E-state index in [0.717, 1.165) is 21.4 Å². The Morgan fingerprint density at radius 3 is 2.33 bits per heavy atom. The molecule has 0 atom stereocenters. The number of hydrogen-bond donors (Lipinski definition) is 2. The summed E-state index contributed by atoms with van der Waals surface area (Å²) >= 11 is 3.46. The summed E-state index contributed by atoms with van der Waals surface area (Å²) in [5.74, 6) is 1.37. The topological polar surface area (TPSA) is 73.6 Å². The van der Waals surface area contributed by atoms with E-state index in [1.54, 1.807) is 12.1 Å². The monoisotopic (exact) mass is 379 g/mol. The van der Waals surface area contributed by atoms with Crippen molar-refractivity contribution in [3.05, 3.63) is 70.5 Å². The number of halogens is 1.